The molecule has 0 spiro atoms. The van der Waals surface area contributed by atoms with E-state index < -0.39 is 0 Å². The molecule has 2 heterocycles. The quantitative estimate of drug-likeness (QED) is 0.726. The molecular formula is C22H29N5. The number of hydrogen-bond acceptors (Lipinski definition) is 5. The molecule has 0 radical (unpaired) electrons. The molecule has 1 fully saturated rings. The van der Waals surface area contributed by atoms with Crippen molar-refractivity contribution in [2.45, 2.75) is 44.6 Å². The number of fused-ring (bicyclic) bond motifs is 1. The third kappa shape index (κ3) is 3.99. The summed E-state index contributed by atoms with van der Waals surface area (Å²) in [4.78, 5) is 16.2. The summed E-state index contributed by atoms with van der Waals surface area (Å²) in [5.41, 5.74) is 4.61. The lowest BCUT2D eigenvalue weighted by atomic mass is 9.85. The summed E-state index contributed by atoms with van der Waals surface area (Å²) in [6.45, 7) is 2.12. The Labute approximate surface area is 161 Å². The first-order chi connectivity index (χ1) is 12.6. The Hall–Kier alpha value is -2.37. The topological polar surface area (TPSA) is 76.9 Å². The van der Waals surface area contributed by atoms with Gasteiger partial charge in [-0.3, -0.25) is 4.98 Å². The van der Waals surface area contributed by atoms with Crippen LogP contribution in [-0.2, 0) is 0 Å². The Morgan fingerprint density at radius 1 is 1.00 bits per heavy atom. The van der Waals surface area contributed by atoms with Crippen molar-refractivity contribution in [2.24, 2.45) is 0 Å². The maximum atomic E-state index is 4.89. The number of hydrogen-bond donors (Lipinski definition) is 1. The fraction of sp³-hybridized carbons (Fsp3) is 0.409. The van der Waals surface area contributed by atoms with Gasteiger partial charge in [0.15, 0.2) is 0 Å². The van der Waals surface area contributed by atoms with E-state index in [1.54, 1.807) is 0 Å². The van der Waals surface area contributed by atoms with Crippen molar-refractivity contribution < 1.29 is 0 Å². The minimum atomic E-state index is 0. The van der Waals surface area contributed by atoms with Crippen LogP contribution in [0.4, 0.5) is 0 Å². The highest BCUT2D eigenvalue weighted by molar-refractivity contribution is 5.84. The van der Waals surface area contributed by atoms with Gasteiger partial charge in [-0.25, -0.2) is 9.97 Å². The molecule has 0 aliphatic heterocycles. The molecule has 1 aliphatic rings. The molecule has 0 unspecified atom stereocenters. The lowest BCUT2D eigenvalue weighted by Crippen LogP contribution is -2.31. The molecule has 0 amide bonds. The highest BCUT2D eigenvalue weighted by atomic mass is 15.1. The van der Waals surface area contributed by atoms with Gasteiger partial charge in [-0.15, -0.1) is 0 Å². The fourth-order valence-electron chi connectivity index (χ4n) is 4.03. The zero-order chi connectivity index (χ0) is 18.1. The molecule has 142 valence electrons. The van der Waals surface area contributed by atoms with Gasteiger partial charge in [-0.1, -0.05) is 6.07 Å². The minimum absolute atomic E-state index is 0. The predicted octanol–water partition coefficient (Wildman–Crippen LogP) is 4.75. The van der Waals surface area contributed by atoms with Crippen LogP contribution in [0.3, 0.4) is 0 Å². The van der Waals surface area contributed by atoms with E-state index in [1.165, 1.54) is 42.4 Å². The van der Waals surface area contributed by atoms with E-state index in [9.17, 15) is 0 Å². The number of benzene rings is 1. The SMILES string of the molecule is Cc1ccncc1-c1ccc2nc(C3CCC(N(C)C)CC3)ncc2c1.N. The van der Waals surface area contributed by atoms with Crippen LogP contribution in [0.1, 0.15) is 43.0 Å². The minimum Gasteiger partial charge on any atom is -0.344 e. The van der Waals surface area contributed by atoms with Crippen molar-refractivity contribution >= 4 is 10.9 Å². The zero-order valence-corrected chi connectivity index (χ0v) is 16.5. The summed E-state index contributed by atoms with van der Waals surface area (Å²) in [5.74, 6) is 1.51. The average Bonchev–Trinajstić information content (AvgIpc) is 2.67. The Morgan fingerprint density at radius 2 is 1.78 bits per heavy atom. The number of nitrogens with zero attached hydrogens (tertiary/aromatic N) is 4. The molecule has 0 atom stereocenters. The number of pyridine rings is 1. The van der Waals surface area contributed by atoms with Crippen molar-refractivity contribution in [2.75, 3.05) is 14.1 Å². The van der Waals surface area contributed by atoms with E-state index in [2.05, 4.69) is 49.1 Å². The summed E-state index contributed by atoms with van der Waals surface area (Å²) in [6, 6.07) is 9.19. The third-order valence-electron chi connectivity index (χ3n) is 5.74. The highest BCUT2D eigenvalue weighted by Crippen LogP contribution is 2.33. The van der Waals surface area contributed by atoms with Gasteiger partial charge in [-0.05, 0) is 76.0 Å². The molecule has 4 rings (SSSR count). The average molecular weight is 364 g/mol. The fourth-order valence-corrected chi connectivity index (χ4v) is 4.03. The van der Waals surface area contributed by atoms with Gasteiger partial charge in [0.05, 0.1) is 5.52 Å². The lowest BCUT2D eigenvalue weighted by Gasteiger charge is -2.31. The number of aryl methyl sites for hydroxylation is 1. The van der Waals surface area contributed by atoms with Gasteiger partial charge in [0, 0.05) is 41.5 Å². The molecule has 27 heavy (non-hydrogen) atoms. The second kappa shape index (κ2) is 8.11. The first kappa shape index (κ1) is 19.4. The smallest absolute Gasteiger partial charge is 0.132 e. The van der Waals surface area contributed by atoms with E-state index in [0.29, 0.717) is 12.0 Å². The Balaban J connectivity index is 0.00000210. The van der Waals surface area contributed by atoms with Crippen LogP contribution in [0.25, 0.3) is 22.0 Å². The Morgan fingerprint density at radius 3 is 2.48 bits per heavy atom. The van der Waals surface area contributed by atoms with Crippen molar-refractivity contribution in [3.63, 3.8) is 0 Å². The molecule has 5 heteroatoms. The van der Waals surface area contributed by atoms with Crippen LogP contribution >= 0.6 is 0 Å². The van der Waals surface area contributed by atoms with Crippen LogP contribution in [-0.4, -0.2) is 40.0 Å². The second-order valence-electron chi connectivity index (χ2n) is 7.66. The molecule has 5 nitrogen and oxygen atoms in total. The van der Waals surface area contributed by atoms with Gasteiger partial charge in [0.1, 0.15) is 5.82 Å². The molecular weight excluding hydrogens is 334 g/mol. The van der Waals surface area contributed by atoms with Gasteiger partial charge in [-0.2, -0.15) is 0 Å². The summed E-state index contributed by atoms with van der Waals surface area (Å²) in [7, 11) is 4.36. The third-order valence-corrected chi connectivity index (χ3v) is 5.74. The van der Waals surface area contributed by atoms with E-state index in [1.807, 2.05) is 24.7 Å². The van der Waals surface area contributed by atoms with Gasteiger partial charge < -0.3 is 11.1 Å². The molecule has 3 aromatic rings. The van der Waals surface area contributed by atoms with Crippen LogP contribution in [0.15, 0.2) is 42.9 Å². The van der Waals surface area contributed by atoms with E-state index >= 15 is 0 Å². The van der Waals surface area contributed by atoms with Crippen LogP contribution in [0.2, 0.25) is 0 Å². The maximum absolute atomic E-state index is 4.89. The molecule has 1 aliphatic carbocycles. The summed E-state index contributed by atoms with van der Waals surface area (Å²) >= 11 is 0. The first-order valence-corrected chi connectivity index (χ1v) is 9.46. The zero-order valence-electron chi connectivity index (χ0n) is 16.5. The molecule has 1 aromatic carbocycles. The maximum Gasteiger partial charge on any atom is 0.132 e. The van der Waals surface area contributed by atoms with Gasteiger partial charge in [0.2, 0.25) is 0 Å². The van der Waals surface area contributed by atoms with E-state index in [-0.39, 0.29) is 6.15 Å². The Kier molecular flexibility index (Phi) is 5.82. The monoisotopic (exact) mass is 363 g/mol. The highest BCUT2D eigenvalue weighted by Gasteiger charge is 2.25. The predicted molar refractivity (Wildman–Crippen MR) is 111 cm³/mol. The van der Waals surface area contributed by atoms with Crippen molar-refractivity contribution in [1.29, 1.82) is 0 Å². The van der Waals surface area contributed by atoms with Crippen molar-refractivity contribution in [3.05, 3.63) is 54.2 Å². The lowest BCUT2D eigenvalue weighted by molar-refractivity contribution is 0.214. The van der Waals surface area contributed by atoms with Gasteiger partial charge >= 0.3 is 0 Å². The van der Waals surface area contributed by atoms with E-state index in [4.69, 9.17) is 9.97 Å². The molecule has 2 aromatic heterocycles. The largest absolute Gasteiger partial charge is 0.344 e. The second-order valence-corrected chi connectivity index (χ2v) is 7.66. The van der Waals surface area contributed by atoms with Crippen LogP contribution in [0, 0.1) is 6.92 Å². The van der Waals surface area contributed by atoms with E-state index in [0.717, 1.165) is 16.7 Å². The first-order valence-electron chi connectivity index (χ1n) is 9.46. The van der Waals surface area contributed by atoms with Crippen molar-refractivity contribution in [3.8, 4) is 11.1 Å². The molecule has 0 bridgehead atoms. The standard InChI is InChI=1S/C22H26N4.H3N/c1-15-10-11-23-14-20(15)17-6-9-21-18(12-17)13-24-22(25-21)16-4-7-19(8-5-16)26(2)3;/h6,9-14,16,19H,4-5,7-8H2,1-3H3;1H3. The number of rotatable bonds is 3. The Bertz CT molecular complexity index is 913. The van der Waals surface area contributed by atoms with Crippen LogP contribution in [0.5, 0.6) is 0 Å². The molecule has 1 saturated carbocycles. The normalized spacial score (nSPS) is 19.9. The van der Waals surface area contributed by atoms with Crippen molar-refractivity contribution in [1.82, 2.24) is 26.0 Å². The summed E-state index contributed by atoms with van der Waals surface area (Å²) in [5, 5.41) is 1.09. The summed E-state index contributed by atoms with van der Waals surface area (Å²) in [6.07, 6.45) is 10.6. The van der Waals surface area contributed by atoms with Gasteiger partial charge in [0.25, 0.3) is 0 Å². The molecule has 0 saturated heterocycles. The summed E-state index contributed by atoms with van der Waals surface area (Å²) < 4.78 is 0. The van der Waals surface area contributed by atoms with Crippen LogP contribution < -0.4 is 6.15 Å². The number of aromatic nitrogens is 3. The molecule has 3 N–H and O–H groups in total.